The van der Waals surface area contributed by atoms with Crippen molar-refractivity contribution in [3.05, 3.63) is 187 Å². The third-order valence-corrected chi connectivity index (χ3v) is 9.63. The summed E-state index contributed by atoms with van der Waals surface area (Å²) >= 11 is 0. The minimum atomic E-state index is -0.234. The first-order chi connectivity index (χ1) is 24.8. The van der Waals surface area contributed by atoms with Gasteiger partial charge in [-0.3, -0.25) is 0 Å². The van der Waals surface area contributed by atoms with Crippen LogP contribution >= 0.6 is 0 Å². The van der Waals surface area contributed by atoms with Crippen molar-refractivity contribution in [2.75, 3.05) is 7.11 Å². The van der Waals surface area contributed by atoms with Crippen LogP contribution in [0.2, 0.25) is 0 Å². The molecule has 9 aromatic rings. The lowest BCUT2D eigenvalue weighted by Crippen LogP contribution is -2.07. The Bertz CT molecular complexity index is 2440. The van der Waals surface area contributed by atoms with E-state index < -0.39 is 0 Å². The molecule has 50 heavy (non-hydrogen) atoms. The van der Waals surface area contributed by atoms with E-state index in [1.54, 1.807) is 7.11 Å². The van der Waals surface area contributed by atoms with Gasteiger partial charge in [0.05, 0.1) is 29.9 Å². The van der Waals surface area contributed by atoms with Crippen molar-refractivity contribution in [2.24, 2.45) is 0 Å². The van der Waals surface area contributed by atoms with Crippen LogP contribution in [0, 0.1) is 0 Å². The van der Waals surface area contributed by atoms with Crippen molar-refractivity contribution in [2.45, 2.75) is 5.92 Å². The number of nitrogens with one attached hydrogen (secondary N) is 2. The van der Waals surface area contributed by atoms with Gasteiger partial charge in [0, 0.05) is 45.0 Å². The molecule has 5 heteroatoms. The van der Waals surface area contributed by atoms with Gasteiger partial charge in [0.2, 0.25) is 0 Å². The van der Waals surface area contributed by atoms with E-state index in [2.05, 4.69) is 162 Å². The summed E-state index contributed by atoms with van der Waals surface area (Å²) in [6, 6.07) is 57.2. The van der Waals surface area contributed by atoms with Gasteiger partial charge in [-0.25, -0.2) is 4.68 Å². The summed E-state index contributed by atoms with van der Waals surface area (Å²) in [6.07, 6.45) is 2.23. The van der Waals surface area contributed by atoms with E-state index in [-0.39, 0.29) is 5.92 Å². The van der Waals surface area contributed by atoms with Gasteiger partial charge in [0.15, 0.2) is 0 Å². The Balaban J connectivity index is 1.44. The smallest absolute Gasteiger partial charge is 0.118 e. The third kappa shape index (κ3) is 5.08. The minimum absolute atomic E-state index is 0.234. The SMILES string of the molecule is COc1ccc(-c2nn(-c3ccccc3)cc2C(c2c(-c3ccccc3)[nH]c3ccccc23)c2c(-c3ccccc3)[nH]c3ccccc23)cc1. The van der Waals surface area contributed by atoms with Crippen LogP contribution in [0.1, 0.15) is 22.6 Å². The normalized spacial score (nSPS) is 11.5. The highest BCUT2D eigenvalue weighted by molar-refractivity contribution is 5.98. The number of methoxy groups -OCH3 is 1. The van der Waals surface area contributed by atoms with Crippen molar-refractivity contribution in [3.63, 3.8) is 0 Å². The lowest BCUT2D eigenvalue weighted by molar-refractivity contribution is 0.415. The molecule has 0 saturated carbocycles. The van der Waals surface area contributed by atoms with Gasteiger partial charge in [-0.2, -0.15) is 5.10 Å². The van der Waals surface area contributed by atoms with Crippen molar-refractivity contribution in [1.29, 1.82) is 0 Å². The highest BCUT2D eigenvalue weighted by atomic mass is 16.5. The number of fused-ring (bicyclic) bond motifs is 2. The van der Waals surface area contributed by atoms with Crippen molar-refractivity contribution in [3.8, 4) is 45.2 Å². The largest absolute Gasteiger partial charge is 0.497 e. The fourth-order valence-electron chi connectivity index (χ4n) is 7.33. The number of ether oxygens (including phenoxy) is 1. The number of benzene rings is 6. The number of hydrogen-bond acceptors (Lipinski definition) is 2. The van der Waals surface area contributed by atoms with E-state index in [9.17, 15) is 0 Å². The average Bonchev–Trinajstić information content (AvgIpc) is 3.91. The number of para-hydroxylation sites is 3. The van der Waals surface area contributed by atoms with Gasteiger partial charge in [-0.1, -0.05) is 115 Å². The molecule has 5 nitrogen and oxygen atoms in total. The quantitative estimate of drug-likeness (QED) is 0.173. The molecule has 3 aromatic heterocycles. The first-order valence-electron chi connectivity index (χ1n) is 16.9. The van der Waals surface area contributed by atoms with Crippen molar-refractivity contribution in [1.82, 2.24) is 19.7 Å². The number of nitrogens with zero attached hydrogens (tertiary/aromatic N) is 2. The van der Waals surface area contributed by atoms with Crippen LogP contribution in [0.25, 0.3) is 61.3 Å². The summed E-state index contributed by atoms with van der Waals surface area (Å²) < 4.78 is 7.59. The van der Waals surface area contributed by atoms with Crippen molar-refractivity contribution >= 4 is 21.8 Å². The second-order valence-electron chi connectivity index (χ2n) is 12.5. The number of hydrogen-bond donors (Lipinski definition) is 2. The van der Waals surface area contributed by atoms with Crippen LogP contribution in [0.3, 0.4) is 0 Å². The predicted octanol–water partition coefficient (Wildman–Crippen LogP) is 11.0. The maximum atomic E-state index is 5.57. The van der Waals surface area contributed by atoms with Crippen LogP contribution in [0.4, 0.5) is 0 Å². The Labute approximate surface area is 290 Å². The molecule has 0 radical (unpaired) electrons. The van der Waals surface area contributed by atoms with Gasteiger partial charge < -0.3 is 14.7 Å². The molecule has 0 aliphatic carbocycles. The first kappa shape index (κ1) is 29.5. The molecule has 9 rings (SSSR count). The number of rotatable bonds is 8. The Morgan fingerprint density at radius 1 is 0.520 bits per heavy atom. The molecular formula is C45H34N4O. The van der Waals surface area contributed by atoms with Crippen molar-refractivity contribution < 1.29 is 4.74 Å². The zero-order valence-electron chi connectivity index (χ0n) is 27.5. The minimum Gasteiger partial charge on any atom is -0.497 e. The Morgan fingerprint density at radius 3 is 1.52 bits per heavy atom. The Morgan fingerprint density at radius 2 is 1.00 bits per heavy atom. The zero-order valence-corrected chi connectivity index (χ0v) is 27.5. The molecule has 0 atom stereocenters. The van der Waals surface area contributed by atoms with Gasteiger partial charge in [0.25, 0.3) is 0 Å². The molecule has 0 aliphatic rings. The molecule has 0 saturated heterocycles. The third-order valence-electron chi connectivity index (χ3n) is 9.63. The van der Waals surface area contributed by atoms with Crippen LogP contribution in [0.5, 0.6) is 5.75 Å². The number of aromatic nitrogens is 4. The number of H-pyrrole nitrogens is 2. The summed E-state index contributed by atoms with van der Waals surface area (Å²) in [6.45, 7) is 0. The standard InChI is InChI=1S/C45H34N4O/c1-50-34-27-25-32(26-28-34)43-37(29-49(48-43)33-19-9-4-10-20-33)40(41-35-21-11-13-23-38(35)46-44(41)30-15-5-2-6-16-30)42-36-22-12-14-24-39(36)47-45(42)31-17-7-3-8-18-31/h2-29,40,46-47H,1H3. The molecule has 0 fully saturated rings. The van der Waals surface area contributed by atoms with Crippen LogP contribution < -0.4 is 4.74 Å². The molecule has 3 heterocycles. The van der Waals surface area contributed by atoms with E-state index in [1.165, 1.54) is 21.9 Å². The lowest BCUT2D eigenvalue weighted by atomic mass is 9.79. The van der Waals surface area contributed by atoms with Crippen LogP contribution in [-0.4, -0.2) is 26.9 Å². The highest BCUT2D eigenvalue weighted by Crippen LogP contribution is 2.49. The Hall–Kier alpha value is -6.59. The second-order valence-corrected chi connectivity index (χ2v) is 12.5. The molecule has 6 aromatic carbocycles. The van der Waals surface area contributed by atoms with E-state index in [4.69, 9.17) is 9.84 Å². The van der Waals surface area contributed by atoms with Gasteiger partial charge in [0.1, 0.15) is 5.75 Å². The van der Waals surface area contributed by atoms with Crippen LogP contribution in [-0.2, 0) is 0 Å². The molecular weight excluding hydrogens is 613 g/mol. The van der Waals surface area contributed by atoms with Gasteiger partial charge >= 0.3 is 0 Å². The monoisotopic (exact) mass is 646 g/mol. The molecule has 0 unspecified atom stereocenters. The predicted molar refractivity (Wildman–Crippen MR) is 204 cm³/mol. The maximum Gasteiger partial charge on any atom is 0.118 e. The topological polar surface area (TPSA) is 58.6 Å². The zero-order chi connectivity index (χ0) is 33.4. The fraction of sp³-hybridized carbons (Fsp3) is 0.0444. The van der Waals surface area contributed by atoms with Crippen LogP contribution in [0.15, 0.2) is 170 Å². The average molecular weight is 647 g/mol. The molecule has 0 bridgehead atoms. The van der Waals surface area contributed by atoms with Gasteiger partial charge in [-0.15, -0.1) is 0 Å². The van der Waals surface area contributed by atoms with E-state index >= 15 is 0 Å². The first-order valence-corrected chi connectivity index (χ1v) is 16.9. The summed E-state index contributed by atoms with van der Waals surface area (Å²) in [7, 11) is 1.70. The summed E-state index contributed by atoms with van der Waals surface area (Å²) in [5.74, 6) is 0.572. The van der Waals surface area contributed by atoms with Gasteiger partial charge in [-0.05, 0) is 70.8 Å². The van der Waals surface area contributed by atoms with E-state index in [0.29, 0.717) is 0 Å². The summed E-state index contributed by atoms with van der Waals surface area (Å²) in [4.78, 5) is 7.72. The summed E-state index contributed by atoms with van der Waals surface area (Å²) in [5, 5.41) is 7.72. The lowest BCUT2D eigenvalue weighted by Gasteiger charge is -2.22. The molecule has 0 amide bonds. The highest BCUT2D eigenvalue weighted by Gasteiger charge is 2.33. The second kappa shape index (κ2) is 12.5. The fourth-order valence-corrected chi connectivity index (χ4v) is 7.33. The van der Waals surface area contributed by atoms with E-state index in [0.717, 1.165) is 61.8 Å². The molecule has 0 spiro atoms. The maximum absolute atomic E-state index is 5.57. The molecule has 2 N–H and O–H groups in total. The Kier molecular flexibility index (Phi) is 7.36. The number of aromatic amines is 2. The molecule has 0 aliphatic heterocycles. The molecule has 240 valence electrons. The van der Waals surface area contributed by atoms with E-state index in [1.807, 2.05) is 22.9 Å². The summed E-state index contributed by atoms with van der Waals surface area (Å²) in [5.41, 5.74) is 13.1.